The fourth-order valence-corrected chi connectivity index (χ4v) is 3.16. The lowest BCUT2D eigenvalue weighted by molar-refractivity contribution is -0.133. The third-order valence-electron chi connectivity index (χ3n) is 4.27. The summed E-state index contributed by atoms with van der Waals surface area (Å²) < 4.78 is 0. The molecule has 0 aromatic heterocycles. The van der Waals surface area contributed by atoms with Gasteiger partial charge < -0.3 is 4.90 Å². The lowest BCUT2D eigenvalue weighted by Crippen LogP contribution is -2.36. The van der Waals surface area contributed by atoms with Crippen LogP contribution < -0.4 is 0 Å². The van der Waals surface area contributed by atoms with E-state index in [0.717, 1.165) is 24.0 Å². The van der Waals surface area contributed by atoms with Gasteiger partial charge in [0, 0.05) is 23.6 Å². The standard InChI is InChI=1S/C18H17Cl2NO/c1-21(12-13-4-2-3-5-16(13)20)17(22)18(10-11-18)14-6-8-15(19)9-7-14/h2-9H,10-12H2,1H3. The molecule has 2 nitrogen and oxygen atoms in total. The summed E-state index contributed by atoms with van der Waals surface area (Å²) in [5, 5.41) is 1.38. The van der Waals surface area contributed by atoms with Crippen LogP contribution in [-0.2, 0) is 16.8 Å². The SMILES string of the molecule is CN(Cc1ccccc1Cl)C(=O)C1(c2ccc(Cl)cc2)CC1. The van der Waals surface area contributed by atoms with Crippen molar-refractivity contribution >= 4 is 29.1 Å². The van der Waals surface area contributed by atoms with Crippen molar-refractivity contribution in [2.24, 2.45) is 0 Å². The molecule has 1 amide bonds. The number of carbonyl (C=O) groups is 1. The topological polar surface area (TPSA) is 20.3 Å². The van der Waals surface area contributed by atoms with Crippen LogP contribution in [-0.4, -0.2) is 17.9 Å². The average molecular weight is 334 g/mol. The number of carbonyl (C=O) groups excluding carboxylic acids is 1. The first-order valence-electron chi connectivity index (χ1n) is 7.28. The van der Waals surface area contributed by atoms with E-state index in [4.69, 9.17) is 23.2 Å². The average Bonchev–Trinajstić information content (AvgIpc) is 3.31. The molecular formula is C18H17Cl2NO. The Bertz CT molecular complexity index is 692. The number of rotatable bonds is 4. The van der Waals surface area contributed by atoms with Gasteiger partial charge in [0.1, 0.15) is 0 Å². The van der Waals surface area contributed by atoms with Crippen molar-refractivity contribution in [2.75, 3.05) is 7.05 Å². The summed E-state index contributed by atoms with van der Waals surface area (Å²) >= 11 is 12.1. The lowest BCUT2D eigenvalue weighted by atomic mass is 9.94. The number of amides is 1. The van der Waals surface area contributed by atoms with Crippen molar-refractivity contribution in [2.45, 2.75) is 24.8 Å². The van der Waals surface area contributed by atoms with E-state index in [0.29, 0.717) is 16.6 Å². The maximum Gasteiger partial charge on any atom is 0.233 e. The Morgan fingerprint density at radius 2 is 1.73 bits per heavy atom. The van der Waals surface area contributed by atoms with E-state index in [1.165, 1.54) is 0 Å². The van der Waals surface area contributed by atoms with E-state index >= 15 is 0 Å². The van der Waals surface area contributed by atoms with E-state index in [1.54, 1.807) is 4.90 Å². The molecule has 1 fully saturated rings. The van der Waals surface area contributed by atoms with Crippen molar-refractivity contribution in [1.82, 2.24) is 4.90 Å². The van der Waals surface area contributed by atoms with Crippen LogP contribution in [0.2, 0.25) is 10.0 Å². The Morgan fingerprint density at radius 1 is 1.09 bits per heavy atom. The second-order valence-electron chi connectivity index (χ2n) is 5.84. The van der Waals surface area contributed by atoms with E-state index in [2.05, 4.69) is 0 Å². The first-order valence-corrected chi connectivity index (χ1v) is 8.03. The van der Waals surface area contributed by atoms with Gasteiger partial charge in [-0.05, 0) is 42.2 Å². The molecule has 114 valence electrons. The van der Waals surface area contributed by atoms with E-state index in [-0.39, 0.29) is 11.3 Å². The molecule has 0 atom stereocenters. The molecule has 2 aromatic carbocycles. The van der Waals surface area contributed by atoms with Crippen LogP contribution >= 0.6 is 23.2 Å². The third-order valence-corrected chi connectivity index (χ3v) is 4.89. The van der Waals surface area contributed by atoms with Crippen LogP contribution in [0, 0.1) is 0 Å². The summed E-state index contributed by atoms with van der Waals surface area (Å²) in [6, 6.07) is 15.2. The fraction of sp³-hybridized carbons (Fsp3) is 0.278. The Morgan fingerprint density at radius 3 is 2.32 bits per heavy atom. The first-order chi connectivity index (χ1) is 10.5. The molecular weight excluding hydrogens is 317 g/mol. The van der Waals surface area contributed by atoms with Gasteiger partial charge in [-0.3, -0.25) is 4.79 Å². The highest BCUT2D eigenvalue weighted by Crippen LogP contribution is 2.49. The predicted molar refractivity (Wildman–Crippen MR) is 90.3 cm³/mol. The van der Waals surface area contributed by atoms with Gasteiger partial charge in [-0.25, -0.2) is 0 Å². The minimum Gasteiger partial charge on any atom is -0.341 e. The molecule has 0 unspecified atom stereocenters. The molecule has 0 bridgehead atoms. The minimum absolute atomic E-state index is 0.148. The molecule has 0 spiro atoms. The highest BCUT2D eigenvalue weighted by atomic mass is 35.5. The second kappa shape index (κ2) is 5.94. The Hall–Kier alpha value is -1.51. The van der Waals surface area contributed by atoms with Gasteiger partial charge in [0.25, 0.3) is 0 Å². The van der Waals surface area contributed by atoms with Crippen molar-refractivity contribution in [3.8, 4) is 0 Å². The maximum absolute atomic E-state index is 12.9. The van der Waals surface area contributed by atoms with Crippen molar-refractivity contribution in [3.05, 3.63) is 69.7 Å². The molecule has 22 heavy (non-hydrogen) atoms. The summed E-state index contributed by atoms with van der Waals surface area (Å²) in [7, 11) is 1.83. The third kappa shape index (κ3) is 2.86. The van der Waals surface area contributed by atoms with Gasteiger partial charge in [0.05, 0.1) is 5.41 Å². The number of nitrogens with zero attached hydrogens (tertiary/aromatic N) is 1. The lowest BCUT2D eigenvalue weighted by Gasteiger charge is -2.24. The molecule has 0 heterocycles. The van der Waals surface area contributed by atoms with Gasteiger partial charge in [0.15, 0.2) is 0 Å². The molecule has 0 aliphatic heterocycles. The smallest absolute Gasteiger partial charge is 0.233 e. The highest BCUT2D eigenvalue weighted by Gasteiger charge is 2.52. The van der Waals surface area contributed by atoms with E-state index in [1.807, 2.05) is 55.6 Å². The largest absolute Gasteiger partial charge is 0.341 e. The number of halogens is 2. The molecule has 1 aliphatic rings. The van der Waals surface area contributed by atoms with Crippen LogP contribution in [0.5, 0.6) is 0 Å². The Balaban J connectivity index is 1.78. The molecule has 3 rings (SSSR count). The summed E-state index contributed by atoms with van der Waals surface area (Å²) in [5.74, 6) is 0.148. The van der Waals surface area contributed by atoms with E-state index in [9.17, 15) is 4.79 Å². The van der Waals surface area contributed by atoms with Crippen molar-refractivity contribution in [3.63, 3.8) is 0 Å². The molecule has 4 heteroatoms. The van der Waals surface area contributed by atoms with Gasteiger partial charge in [-0.15, -0.1) is 0 Å². The Labute approximate surface area is 140 Å². The second-order valence-corrected chi connectivity index (χ2v) is 6.69. The predicted octanol–water partition coefficient (Wildman–Crippen LogP) is 4.68. The van der Waals surface area contributed by atoms with Crippen molar-refractivity contribution in [1.29, 1.82) is 0 Å². The molecule has 1 aliphatic carbocycles. The number of likely N-dealkylation sites (N-methyl/N-ethyl adjacent to an activating group) is 1. The fourth-order valence-electron chi connectivity index (χ4n) is 2.84. The van der Waals surface area contributed by atoms with Crippen LogP contribution in [0.4, 0.5) is 0 Å². The number of hydrogen-bond acceptors (Lipinski definition) is 1. The quantitative estimate of drug-likeness (QED) is 0.795. The van der Waals surface area contributed by atoms with Gasteiger partial charge in [0.2, 0.25) is 5.91 Å². The summed E-state index contributed by atoms with van der Waals surface area (Å²) in [5.41, 5.74) is 1.64. The Kier molecular flexibility index (Phi) is 4.16. The first kappa shape index (κ1) is 15.4. The van der Waals surface area contributed by atoms with Crippen LogP contribution in [0.3, 0.4) is 0 Å². The van der Waals surface area contributed by atoms with Crippen LogP contribution in [0.15, 0.2) is 48.5 Å². The van der Waals surface area contributed by atoms with E-state index < -0.39 is 0 Å². The van der Waals surface area contributed by atoms with Gasteiger partial charge in [-0.2, -0.15) is 0 Å². The van der Waals surface area contributed by atoms with Crippen LogP contribution in [0.25, 0.3) is 0 Å². The summed E-state index contributed by atoms with van der Waals surface area (Å²) in [6.07, 6.45) is 1.78. The number of hydrogen-bond donors (Lipinski definition) is 0. The van der Waals surface area contributed by atoms with Crippen LogP contribution in [0.1, 0.15) is 24.0 Å². The monoisotopic (exact) mass is 333 g/mol. The van der Waals surface area contributed by atoms with Gasteiger partial charge >= 0.3 is 0 Å². The van der Waals surface area contributed by atoms with Crippen molar-refractivity contribution < 1.29 is 4.79 Å². The molecule has 1 saturated carbocycles. The maximum atomic E-state index is 12.9. The zero-order chi connectivity index (χ0) is 15.7. The number of benzene rings is 2. The molecule has 0 radical (unpaired) electrons. The summed E-state index contributed by atoms with van der Waals surface area (Å²) in [6.45, 7) is 0.522. The zero-order valence-electron chi connectivity index (χ0n) is 12.4. The summed E-state index contributed by atoms with van der Waals surface area (Å²) in [4.78, 5) is 14.6. The molecule has 0 N–H and O–H groups in total. The minimum atomic E-state index is -0.374. The molecule has 2 aromatic rings. The van der Waals surface area contributed by atoms with Gasteiger partial charge in [-0.1, -0.05) is 53.5 Å². The molecule has 0 saturated heterocycles. The highest BCUT2D eigenvalue weighted by molar-refractivity contribution is 6.31. The normalized spacial score (nSPS) is 15.4. The zero-order valence-corrected chi connectivity index (χ0v) is 13.9.